The maximum Gasteiger partial charge on any atom is 0.232 e. The van der Waals surface area contributed by atoms with Crippen molar-refractivity contribution in [1.29, 1.82) is 0 Å². The lowest BCUT2D eigenvalue weighted by molar-refractivity contribution is 0.125. The van der Waals surface area contributed by atoms with Gasteiger partial charge >= 0.3 is 0 Å². The predicted molar refractivity (Wildman–Crippen MR) is 116 cm³/mol. The van der Waals surface area contributed by atoms with Gasteiger partial charge in [-0.3, -0.25) is 10.1 Å². The molecule has 150 valence electrons. The summed E-state index contributed by atoms with van der Waals surface area (Å²) >= 11 is 3.48. The van der Waals surface area contributed by atoms with Crippen molar-refractivity contribution in [3.8, 4) is 17.0 Å². The number of pyridine rings is 1. The molecule has 1 unspecified atom stereocenters. The number of H-pyrrole nitrogens is 1. The molecule has 0 aliphatic carbocycles. The highest BCUT2D eigenvalue weighted by molar-refractivity contribution is 9.10. The molecule has 3 N–H and O–H groups in total. The third-order valence-electron chi connectivity index (χ3n) is 4.73. The average molecular weight is 456 g/mol. The molecule has 1 saturated heterocycles. The van der Waals surface area contributed by atoms with Crippen LogP contribution < -0.4 is 10.5 Å². The number of aromatic nitrogens is 4. The minimum atomic E-state index is 0.0254. The molecule has 0 bridgehead atoms. The quantitative estimate of drug-likeness (QED) is 0.605. The van der Waals surface area contributed by atoms with Crippen molar-refractivity contribution in [3.05, 3.63) is 53.4 Å². The summed E-state index contributed by atoms with van der Waals surface area (Å²) in [4.78, 5) is 9.11. The van der Waals surface area contributed by atoms with E-state index in [-0.39, 0.29) is 6.10 Å². The van der Waals surface area contributed by atoms with Crippen LogP contribution in [0.2, 0.25) is 0 Å². The summed E-state index contributed by atoms with van der Waals surface area (Å²) in [6.07, 6.45) is 7.91. The third kappa shape index (κ3) is 4.83. The maximum atomic E-state index is 6.17. The Morgan fingerprint density at radius 2 is 1.93 bits per heavy atom. The van der Waals surface area contributed by atoms with E-state index in [0.29, 0.717) is 22.8 Å². The summed E-state index contributed by atoms with van der Waals surface area (Å²) < 4.78 is 12.2. The summed E-state index contributed by atoms with van der Waals surface area (Å²) in [7, 11) is 0. The molecule has 3 heterocycles. The number of fused-ring (bicyclic) bond motifs is 1. The number of nitrogens with zero attached hydrogens (tertiary/aromatic N) is 3. The number of aromatic amines is 1. The van der Waals surface area contributed by atoms with Crippen LogP contribution in [0.15, 0.2) is 53.4 Å². The second kappa shape index (κ2) is 9.19. The van der Waals surface area contributed by atoms with Gasteiger partial charge in [-0.05, 0) is 40.9 Å². The fraction of sp³-hybridized carbons (Fsp3) is 0.286. The molecule has 2 aromatic heterocycles. The van der Waals surface area contributed by atoms with E-state index >= 15 is 0 Å². The van der Waals surface area contributed by atoms with Gasteiger partial charge in [0.05, 0.1) is 18.3 Å². The molecule has 1 aliphatic rings. The number of nitrogens with two attached hydrogens (primary N) is 1. The van der Waals surface area contributed by atoms with E-state index < -0.39 is 0 Å². The molecule has 29 heavy (non-hydrogen) atoms. The molecule has 8 heteroatoms. The molecular weight excluding hydrogens is 434 g/mol. The van der Waals surface area contributed by atoms with Crippen LogP contribution in [0.25, 0.3) is 22.0 Å². The molecule has 1 atom stereocenters. The molecule has 1 fully saturated rings. The van der Waals surface area contributed by atoms with Crippen molar-refractivity contribution in [3.63, 3.8) is 0 Å². The van der Waals surface area contributed by atoms with Crippen LogP contribution in [0, 0.1) is 0 Å². The Bertz CT molecular complexity index is 1050. The van der Waals surface area contributed by atoms with Gasteiger partial charge in [0, 0.05) is 41.9 Å². The normalized spacial score (nSPS) is 16.8. The van der Waals surface area contributed by atoms with Gasteiger partial charge in [-0.1, -0.05) is 18.2 Å². The first-order valence-corrected chi connectivity index (χ1v) is 10.3. The number of anilines is 1. The van der Waals surface area contributed by atoms with E-state index in [4.69, 9.17) is 15.2 Å². The van der Waals surface area contributed by atoms with Crippen LogP contribution in [0.1, 0.15) is 19.3 Å². The molecule has 4 rings (SSSR count). The first kappa shape index (κ1) is 19.6. The van der Waals surface area contributed by atoms with Gasteiger partial charge in [0.15, 0.2) is 0 Å². The zero-order valence-corrected chi connectivity index (χ0v) is 17.4. The van der Waals surface area contributed by atoms with E-state index in [0.717, 1.165) is 47.9 Å². The number of halogens is 1. The second-order valence-corrected chi connectivity index (χ2v) is 7.61. The largest absolute Gasteiger partial charge is 0.473 e. The van der Waals surface area contributed by atoms with Gasteiger partial charge in [-0.2, -0.15) is 5.10 Å². The number of para-hydroxylation sites is 1. The van der Waals surface area contributed by atoms with E-state index in [9.17, 15) is 0 Å². The predicted octanol–water partition coefficient (Wildman–Crippen LogP) is 4.44. The zero-order valence-electron chi connectivity index (χ0n) is 15.8. The van der Waals surface area contributed by atoms with Crippen LogP contribution in [0.5, 0.6) is 5.88 Å². The summed E-state index contributed by atoms with van der Waals surface area (Å²) in [5, 5.41) is 8.09. The molecule has 0 saturated carbocycles. The van der Waals surface area contributed by atoms with Crippen LogP contribution in [-0.2, 0) is 4.74 Å². The van der Waals surface area contributed by atoms with Gasteiger partial charge in [-0.25, -0.2) is 4.98 Å². The van der Waals surface area contributed by atoms with Crippen LogP contribution in [0.4, 0.5) is 5.82 Å². The number of hydrogen-bond acceptors (Lipinski definition) is 6. The number of nitrogen functional groups attached to an aromatic ring is 1. The molecule has 0 radical (unpaired) electrons. The highest BCUT2D eigenvalue weighted by Gasteiger charge is 2.16. The molecule has 0 amide bonds. The number of benzene rings is 1. The van der Waals surface area contributed by atoms with Crippen molar-refractivity contribution in [2.24, 2.45) is 0 Å². The minimum Gasteiger partial charge on any atom is -0.473 e. The van der Waals surface area contributed by atoms with Crippen LogP contribution in [-0.4, -0.2) is 39.5 Å². The Morgan fingerprint density at radius 1 is 1.07 bits per heavy atom. The minimum absolute atomic E-state index is 0.0254. The number of hydrogen-bond donors (Lipinski definition) is 2. The van der Waals surface area contributed by atoms with Gasteiger partial charge in [-0.15, -0.1) is 0 Å². The smallest absolute Gasteiger partial charge is 0.232 e. The lowest BCUT2D eigenvalue weighted by Crippen LogP contribution is -2.17. The third-order valence-corrected chi connectivity index (χ3v) is 5.50. The monoisotopic (exact) mass is 455 g/mol. The first-order chi connectivity index (χ1) is 14.2. The van der Waals surface area contributed by atoms with E-state index in [2.05, 4.69) is 42.2 Å². The summed E-state index contributed by atoms with van der Waals surface area (Å²) in [5.41, 5.74) is 8.71. The molecule has 7 nitrogen and oxygen atoms in total. The highest BCUT2D eigenvalue weighted by atomic mass is 79.9. The Morgan fingerprint density at radius 3 is 2.86 bits per heavy atom. The standard InChI is InChI=1S/C21H22BrN5O2/c22-19-20(23)27-26-13-16(15-10-14-4-1-2-6-18(14)24-11-15)12-25-21(19)29-17-5-3-8-28-9-7-17/h1-2,4,6,10-13,17,27H,3,5,7-9,23H2. The summed E-state index contributed by atoms with van der Waals surface area (Å²) in [5.74, 6) is 0.745. The van der Waals surface area contributed by atoms with Crippen molar-refractivity contribution in [2.45, 2.75) is 25.4 Å². The van der Waals surface area contributed by atoms with E-state index in [1.165, 1.54) is 0 Å². The van der Waals surface area contributed by atoms with Crippen molar-refractivity contribution in [1.82, 2.24) is 20.2 Å². The van der Waals surface area contributed by atoms with Gasteiger partial charge in [0.2, 0.25) is 5.88 Å². The fourth-order valence-electron chi connectivity index (χ4n) is 3.16. The summed E-state index contributed by atoms with van der Waals surface area (Å²) in [6, 6.07) is 10.0. The fourth-order valence-corrected chi connectivity index (χ4v) is 3.45. The Balaban J connectivity index is 1.74. The molecule has 0 spiro atoms. The zero-order chi connectivity index (χ0) is 20.1. The molecule has 1 aliphatic heterocycles. The highest BCUT2D eigenvalue weighted by Crippen LogP contribution is 2.28. The van der Waals surface area contributed by atoms with Gasteiger partial charge in [0.1, 0.15) is 16.4 Å². The maximum absolute atomic E-state index is 6.17. The van der Waals surface area contributed by atoms with E-state index in [1.54, 1.807) is 12.4 Å². The van der Waals surface area contributed by atoms with Crippen molar-refractivity contribution in [2.75, 3.05) is 18.9 Å². The molecule has 3 aromatic rings. The lowest BCUT2D eigenvalue weighted by Gasteiger charge is -2.15. The number of rotatable bonds is 3. The topological polar surface area (TPSA) is 98.9 Å². The second-order valence-electron chi connectivity index (χ2n) is 6.82. The van der Waals surface area contributed by atoms with Crippen molar-refractivity contribution >= 4 is 32.7 Å². The summed E-state index contributed by atoms with van der Waals surface area (Å²) in [6.45, 7) is 1.44. The Kier molecular flexibility index (Phi) is 6.21. The average Bonchev–Trinajstić information content (AvgIpc) is 2.99. The van der Waals surface area contributed by atoms with Crippen LogP contribution in [0.3, 0.4) is 0 Å². The lowest BCUT2D eigenvalue weighted by atomic mass is 10.1. The Hall–Kier alpha value is -2.71. The van der Waals surface area contributed by atoms with Crippen molar-refractivity contribution < 1.29 is 9.47 Å². The number of nitrogens with one attached hydrogen (secondary N) is 1. The van der Waals surface area contributed by atoms with Gasteiger partial charge in [0.25, 0.3) is 0 Å². The Labute approximate surface area is 177 Å². The number of ether oxygens (including phenoxy) is 2. The van der Waals surface area contributed by atoms with E-state index in [1.807, 2.05) is 30.5 Å². The first-order valence-electron chi connectivity index (χ1n) is 9.53. The van der Waals surface area contributed by atoms with Crippen LogP contribution >= 0.6 is 15.9 Å². The SMILES string of the molecule is Nc1[nH]ncc(-c2cnc3ccccc3c2)cnc(OC2CCCOCC2)c1Br. The molecular formula is C21H22BrN5O2. The van der Waals surface area contributed by atoms with Gasteiger partial charge < -0.3 is 15.2 Å². The molecule has 1 aromatic carbocycles.